The van der Waals surface area contributed by atoms with Crippen LogP contribution < -0.4 is 5.32 Å². The van der Waals surface area contributed by atoms with E-state index < -0.39 is 0 Å². The summed E-state index contributed by atoms with van der Waals surface area (Å²) in [6.45, 7) is 12.5. The number of rotatable bonds is 6. The van der Waals surface area contributed by atoms with Gasteiger partial charge in [-0.25, -0.2) is 0 Å². The molecular formula is C17H25N. The molecule has 0 fully saturated rings. The van der Waals surface area contributed by atoms with Crippen LogP contribution in [0.25, 0.3) is 0 Å². The lowest BCUT2D eigenvalue weighted by atomic mass is 9.98. The van der Waals surface area contributed by atoms with Gasteiger partial charge in [0.05, 0.1) is 0 Å². The molecule has 0 aliphatic heterocycles. The van der Waals surface area contributed by atoms with E-state index >= 15 is 0 Å². The molecule has 1 N–H and O–H groups in total. The largest absolute Gasteiger partial charge is 0.307 e. The second-order valence-electron chi connectivity index (χ2n) is 5.33. The lowest BCUT2D eigenvalue weighted by Crippen LogP contribution is -2.28. The molecule has 0 saturated heterocycles. The van der Waals surface area contributed by atoms with E-state index in [1.54, 1.807) is 0 Å². The fraction of sp³-hybridized carbons (Fsp3) is 0.412. The molecule has 0 aliphatic carbocycles. The fourth-order valence-corrected chi connectivity index (χ4v) is 2.16. The number of hydrogen-bond acceptors (Lipinski definition) is 1. The third kappa shape index (κ3) is 5.33. The monoisotopic (exact) mass is 243 g/mol. The van der Waals surface area contributed by atoms with Crippen molar-refractivity contribution in [2.45, 2.75) is 46.2 Å². The van der Waals surface area contributed by atoms with Gasteiger partial charge in [0.25, 0.3) is 0 Å². The molecule has 0 amide bonds. The number of allylic oxidation sites excluding steroid dienone is 2. The van der Waals surface area contributed by atoms with Gasteiger partial charge in [0, 0.05) is 12.1 Å². The van der Waals surface area contributed by atoms with Gasteiger partial charge in [0.15, 0.2) is 0 Å². The first-order chi connectivity index (χ1) is 8.49. The Labute approximate surface area is 112 Å². The second kappa shape index (κ2) is 7.17. The van der Waals surface area contributed by atoms with E-state index in [2.05, 4.69) is 69.1 Å². The van der Waals surface area contributed by atoms with Gasteiger partial charge in [0.2, 0.25) is 0 Å². The molecule has 1 rings (SSSR count). The van der Waals surface area contributed by atoms with E-state index in [-0.39, 0.29) is 0 Å². The van der Waals surface area contributed by atoms with Gasteiger partial charge < -0.3 is 5.32 Å². The summed E-state index contributed by atoms with van der Waals surface area (Å²) in [5, 5.41) is 3.63. The summed E-state index contributed by atoms with van der Waals surface area (Å²) in [7, 11) is 0. The Hall–Kier alpha value is -1.34. The summed E-state index contributed by atoms with van der Waals surface area (Å²) in [5.41, 5.74) is 3.83. The summed E-state index contributed by atoms with van der Waals surface area (Å²) in [4.78, 5) is 0. The second-order valence-corrected chi connectivity index (χ2v) is 5.33. The van der Waals surface area contributed by atoms with Crippen molar-refractivity contribution in [1.82, 2.24) is 5.32 Å². The maximum atomic E-state index is 3.94. The zero-order valence-corrected chi connectivity index (χ0v) is 12.0. The van der Waals surface area contributed by atoms with Crippen molar-refractivity contribution >= 4 is 0 Å². The van der Waals surface area contributed by atoms with Crippen molar-refractivity contribution in [3.05, 3.63) is 59.7 Å². The Kier molecular flexibility index (Phi) is 5.87. The van der Waals surface area contributed by atoms with Crippen LogP contribution >= 0.6 is 0 Å². The summed E-state index contributed by atoms with van der Waals surface area (Å²) >= 11 is 0. The molecule has 1 heteroatoms. The van der Waals surface area contributed by atoms with E-state index in [9.17, 15) is 0 Å². The first kappa shape index (κ1) is 14.7. The van der Waals surface area contributed by atoms with Crippen LogP contribution in [0.3, 0.4) is 0 Å². The van der Waals surface area contributed by atoms with Crippen molar-refractivity contribution in [3.8, 4) is 0 Å². The van der Waals surface area contributed by atoms with Crippen molar-refractivity contribution in [3.63, 3.8) is 0 Å². The fourth-order valence-electron chi connectivity index (χ4n) is 2.16. The Morgan fingerprint density at radius 2 is 1.83 bits per heavy atom. The van der Waals surface area contributed by atoms with Crippen molar-refractivity contribution in [2.24, 2.45) is 0 Å². The van der Waals surface area contributed by atoms with Crippen LogP contribution in [0.2, 0.25) is 0 Å². The van der Waals surface area contributed by atoms with Crippen LogP contribution in [0, 0.1) is 0 Å². The molecule has 0 bridgehead atoms. The van der Waals surface area contributed by atoms with Crippen LogP contribution in [0.5, 0.6) is 0 Å². The van der Waals surface area contributed by atoms with E-state index in [1.807, 2.05) is 6.92 Å². The Bertz CT molecular complexity index is 401. The van der Waals surface area contributed by atoms with Crippen molar-refractivity contribution in [2.75, 3.05) is 0 Å². The Balaban J connectivity index is 2.83. The van der Waals surface area contributed by atoms with E-state index in [0.29, 0.717) is 12.1 Å². The number of hydrogen-bond donors (Lipinski definition) is 1. The molecule has 1 aromatic rings. The number of nitrogens with one attached hydrogen (secondary N) is 1. The van der Waals surface area contributed by atoms with Crippen LogP contribution in [0.15, 0.2) is 54.1 Å². The predicted octanol–water partition coefficient (Wildman–Crippen LogP) is 4.64. The first-order valence-corrected chi connectivity index (χ1v) is 6.62. The normalized spacial score (nSPS) is 13.7. The SMILES string of the molecule is C=C(C)/C=C(/C)CC(NC(C)C)c1ccccc1. The third-order valence-electron chi connectivity index (χ3n) is 2.76. The molecule has 0 heterocycles. The molecule has 1 unspecified atom stereocenters. The highest BCUT2D eigenvalue weighted by atomic mass is 14.9. The van der Waals surface area contributed by atoms with Gasteiger partial charge in [-0.2, -0.15) is 0 Å². The summed E-state index contributed by atoms with van der Waals surface area (Å²) < 4.78 is 0. The van der Waals surface area contributed by atoms with Crippen molar-refractivity contribution in [1.29, 1.82) is 0 Å². The van der Waals surface area contributed by atoms with Crippen LogP contribution in [0.1, 0.15) is 45.7 Å². The zero-order valence-electron chi connectivity index (χ0n) is 12.0. The minimum atomic E-state index is 0.377. The molecule has 1 atom stereocenters. The first-order valence-electron chi connectivity index (χ1n) is 6.62. The molecule has 0 aliphatic rings. The zero-order chi connectivity index (χ0) is 13.5. The summed E-state index contributed by atoms with van der Waals surface area (Å²) in [5.74, 6) is 0. The van der Waals surface area contributed by atoms with Gasteiger partial charge in [0.1, 0.15) is 0 Å². The van der Waals surface area contributed by atoms with Crippen LogP contribution in [-0.4, -0.2) is 6.04 Å². The Morgan fingerprint density at radius 1 is 1.22 bits per heavy atom. The minimum absolute atomic E-state index is 0.377. The predicted molar refractivity (Wildman–Crippen MR) is 80.6 cm³/mol. The lowest BCUT2D eigenvalue weighted by Gasteiger charge is -2.22. The van der Waals surface area contributed by atoms with E-state index in [1.165, 1.54) is 11.1 Å². The third-order valence-corrected chi connectivity index (χ3v) is 2.76. The van der Waals surface area contributed by atoms with E-state index in [0.717, 1.165) is 12.0 Å². The molecular weight excluding hydrogens is 218 g/mol. The standard InChI is InChI=1S/C17H25N/c1-13(2)11-15(5)12-17(18-14(3)4)16-9-7-6-8-10-16/h6-11,14,17-18H,1,12H2,2-5H3/b15-11-. The highest BCUT2D eigenvalue weighted by Gasteiger charge is 2.12. The quantitative estimate of drug-likeness (QED) is 0.718. The topological polar surface area (TPSA) is 12.0 Å². The average molecular weight is 243 g/mol. The highest BCUT2D eigenvalue weighted by Crippen LogP contribution is 2.22. The maximum Gasteiger partial charge on any atom is 0.0359 e. The molecule has 0 saturated carbocycles. The summed E-state index contributed by atoms with van der Waals surface area (Å²) in [6, 6.07) is 11.5. The molecule has 1 aromatic carbocycles. The van der Waals surface area contributed by atoms with Gasteiger partial charge in [-0.05, 0) is 25.8 Å². The molecule has 18 heavy (non-hydrogen) atoms. The molecule has 0 spiro atoms. The lowest BCUT2D eigenvalue weighted by molar-refractivity contribution is 0.473. The van der Waals surface area contributed by atoms with Gasteiger partial charge in [-0.15, -0.1) is 0 Å². The summed E-state index contributed by atoms with van der Waals surface area (Å²) in [6.07, 6.45) is 3.19. The molecule has 98 valence electrons. The number of benzene rings is 1. The highest BCUT2D eigenvalue weighted by molar-refractivity contribution is 5.23. The van der Waals surface area contributed by atoms with Crippen LogP contribution in [0.4, 0.5) is 0 Å². The molecule has 1 nitrogen and oxygen atoms in total. The molecule has 0 aromatic heterocycles. The molecule has 0 radical (unpaired) electrons. The van der Waals surface area contributed by atoms with Gasteiger partial charge in [-0.1, -0.05) is 68.0 Å². The Morgan fingerprint density at radius 3 is 2.33 bits per heavy atom. The van der Waals surface area contributed by atoms with E-state index in [4.69, 9.17) is 0 Å². The van der Waals surface area contributed by atoms with Gasteiger partial charge in [-0.3, -0.25) is 0 Å². The average Bonchev–Trinajstić information content (AvgIpc) is 2.27. The van der Waals surface area contributed by atoms with Crippen molar-refractivity contribution < 1.29 is 0 Å². The van der Waals surface area contributed by atoms with Crippen LogP contribution in [-0.2, 0) is 0 Å². The van der Waals surface area contributed by atoms with Gasteiger partial charge >= 0.3 is 0 Å². The maximum absolute atomic E-state index is 3.94. The minimum Gasteiger partial charge on any atom is -0.307 e. The smallest absolute Gasteiger partial charge is 0.0359 e.